The minimum atomic E-state index is 0.106. The van der Waals surface area contributed by atoms with Gasteiger partial charge in [-0.05, 0) is 45.4 Å². The average Bonchev–Trinajstić information content (AvgIpc) is 2.96. The fourth-order valence-electron chi connectivity index (χ4n) is 3.16. The maximum Gasteiger partial charge on any atom is 0.248 e. The van der Waals surface area contributed by atoms with Gasteiger partial charge in [-0.25, -0.2) is 0 Å². The van der Waals surface area contributed by atoms with Gasteiger partial charge in [-0.15, -0.1) is 23.4 Å². The Labute approximate surface area is 143 Å². The highest BCUT2D eigenvalue weighted by Crippen LogP contribution is 2.36. The predicted octanol–water partition coefficient (Wildman–Crippen LogP) is 3.27. The Morgan fingerprint density at radius 1 is 1.18 bits per heavy atom. The smallest absolute Gasteiger partial charge is 0.248 e. The molecule has 1 aliphatic heterocycles. The molecule has 4 nitrogen and oxygen atoms in total. The summed E-state index contributed by atoms with van der Waals surface area (Å²) in [6.07, 6.45) is 6.76. The maximum absolute atomic E-state index is 12.3. The molecule has 0 aromatic rings. The van der Waals surface area contributed by atoms with Gasteiger partial charge in [0.05, 0.1) is 16.9 Å². The molecule has 128 valence electrons. The normalized spacial score (nSPS) is 32.1. The molecule has 1 saturated carbocycles. The van der Waals surface area contributed by atoms with Crippen molar-refractivity contribution in [2.75, 3.05) is 26.8 Å². The van der Waals surface area contributed by atoms with E-state index in [1.165, 1.54) is 0 Å². The molecular weight excluding hydrogens is 322 g/mol. The summed E-state index contributed by atoms with van der Waals surface area (Å²) in [4.78, 5) is 14.3. The van der Waals surface area contributed by atoms with Crippen molar-refractivity contribution in [3.63, 3.8) is 0 Å². The third-order valence-electron chi connectivity index (χ3n) is 4.61. The average molecular weight is 350 g/mol. The van der Waals surface area contributed by atoms with Crippen LogP contribution in [-0.4, -0.2) is 59.8 Å². The summed E-state index contributed by atoms with van der Waals surface area (Å²) in [5, 5.41) is 0.476. The van der Waals surface area contributed by atoms with Crippen molar-refractivity contribution in [1.29, 1.82) is 0 Å². The fraction of sp³-hybridized carbons (Fsp3) is 0.938. The molecule has 6 heteroatoms. The number of likely N-dealkylation sites (N-methyl/N-ethyl adjacent to an activating group) is 1. The van der Waals surface area contributed by atoms with Gasteiger partial charge in [-0.2, -0.15) is 0 Å². The molecule has 0 aromatic heterocycles. The van der Waals surface area contributed by atoms with Crippen LogP contribution in [0.15, 0.2) is 0 Å². The third-order valence-corrected chi connectivity index (χ3v) is 6.44. The van der Waals surface area contributed by atoms with Crippen LogP contribution >= 0.6 is 23.4 Å². The Balaban J connectivity index is 1.68. The van der Waals surface area contributed by atoms with E-state index in [4.69, 9.17) is 21.1 Å². The molecule has 2 atom stereocenters. The van der Waals surface area contributed by atoms with Gasteiger partial charge in [-0.1, -0.05) is 0 Å². The molecule has 2 rings (SSSR count). The molecule has 0 bridgehead atoms. The zero-order valence-corrected chi connectivity index (χ0v) is 15.2. The topological polar surface area (TPSA) is 38.8 Å². The molecule has 2 fully saturated rings. The first-order chi connectivity index (χ1) is 10.6. The number of ether oxygens (including phenoxy) is 2. The summed E-state index contributed by atoms with van der Waals surface area (Å²) < 4.78 is 11.4. The van der Waals surface area contributed by atoms with Gasteiger partial charge in [0.15, 0.2) is 0 Å². The van der Waals surface area contributed by atoms with E-state index < -0.39 is 0 Å². The minimum Gasteiger partial charge on any atom is -0.381 e. The van der Waals surface area contributed by atoms with Crippen molar-refractivity contribution in [1.82, 2.24) is 4.90 Å². The number of carbonyl (C=O) groups excluding carboxylic acids is 1. The lowest BCUT2D eigenvalue weighted by atomic mass is 9.95. The second-order valence-corrected chi connectivity index (χ2v) is 8.42. The number of hydrogen-bond acceptors (Lipinski definition) is 4. The summed E-state index contributed by atoms with van der Waals surface area (Å²) >= 11 is 7.92. The number of rotatable bonds is 7. The van der Waals surface area contributed by atoms with Crippen LogP contribution in [0.25, 0.3) is 0 Å². The number of nitrogens with zero attached hydrogens (tertiary/aromatic N) is 1. The molecule has 2 aliphatic rings. The largest absolute Gasteiger partial charge is 0.381 e. The van der Waals surface area contributed by atoms with Crippen molar-refractivity contribution in [3.05, 3.63) is 0 Å². The standard InChI is InChI=1S/C16H28ClNO3S/c1-3-18(10-14-8-9-15(17)22-14)16(19)11-21-13-6-4-12(20-2)5-7-13/h12-15H,3-11H2,1-2H3. The van der Waals surface area contributed by atoms with Gasteiger partial charge >= 0.3 is 0 Å². The summed E-state index contributed by atoms with van der Waals surface area (Å²) in [5.74, 6) is 0.106. The monoisotopic (exact) mass is 349 g/mol. The second kappa shape index (κ2) is 9.36. The van der Waals surface area contributed by atoms with Crippen LogP contribution in [0.4, 0.5) is 0 Å². The van der Waals surface area contributed by atoms with E-state index in [1.807, 2.05) is 11.8 Å². The summed E-state index contributed by atoms with van der Waals surface area (Å²) in [6, 6.07) is 0. The van der Waals surface area contributed by atoms with Crippen LogP contribution in [0.1, 0.15) is 45.4 Å². The number of methoxy groups -OCH3 is 1. The van der Waals surface area contributed by atoms with E-state index in [0.717, 1.165) is 51.6 Å². The Morgan fingerprint density at radius 3 is 2.41 bits per heavy atom. The lowest BCUT2D eigenvalue weighted by Gasteiger charge is -2.29. The summed E-state index contributed by atoms with van der Waals surface area (Å²) in [5.41, 5.74) is 0. The maximum atomic E-state index is 12.3. The van der Waals surface area contributed by atoms with Crippen LogP contribution in [0.3, 0.4) is 0 Å². The quantitative estimate of drug-likeness (QED) is 0.661. The number of alkyl halides is 1. The zero-order chi connectivity index (χ0) is 15.9. The molecule has 0 N–H and O–H groups in total. The number of thioether (sulfide) groups is 1. The predicted molar refractivity (Wildman–Crippen MR) is 91.5 cm³/mol. The summed E-state index contributed by atoms with van der Waals surface area (Å²) in [7, 11) is 1.76. The molecule has 0 aromatic carbocycles. The van der Waals surface area contributed by atoms with Gasteiger partial charge in [0.25, 0.3) is 0 Å². The first-order valence-corrected chi connectivity index (χ1v) is 9.72. The third kappa shape index (κ3) is 5.59. The zero-order valence-electron chi connectivity index (χ0n) is 13.6. The van der Waals surface area contributed by atoms with E-state index in [1.54, 1.807) is 18.9 Å². The molecule has 1 aliphatic carbocycles. The molecular formula is C16H28ClNO3S. The highest BCUT2D eigenvalue weighted by atomic mass is 35.5. The molecule has 1 heterocycles. The van der Waals surface area contributed by atoms with Gasteiger partial charge in [-0.3, -0.25) is 4.79 Å². The van der Waals surface area contributed by atoms with Crippen LogP contribution < -0.4 is 0 Å². The lowest BCUT2D eigenvalue weighted by Crippen LogP contribution is -2.39. The van der Waals surface area contributed by atoms with E-state index in [2.05, 4.69) is 0 Å². The first-order valence-electron chi connectivity index (χ1n) is 8.34. The SMILES string of the molecule is CCN(CC1CCC(Cl)S1)C(=O)COC1CCC(OC)CC1. The van der Waals surface area contributed by atoms with Crippen LogP contribution in [0.5, 0.6) is 0 Å². The molecule has 1 amide bonds. The van der Waals surface area contributed by atoms with E-state index >= 15 is 0 Å². The number of amides is 1. The van der Waals surface area contributed by atoms with Crippen LogP contribution in [0, 0.1) is 0 Å². The van der Waals surface area contributed by atoms with Gasteiger partial charge in [0.1, 0.15) is 6.61 Å². The van der Waals surface area contributed by atoms with E-state index in [9.17, 15) is 4.79 Å². The van der Waals surface area contributed by atoms with Crippen molar-refractivity contribution in [2.45, 2.75) is 67.6 Å². The van der Waals surface area contributed by atoms with E-state index in [-0.39, 0.29) is 23.3 Å². The molecule has 0 radical (unpaired) electrons. The number of hydrogen-bond donors (Lipinski definition) is 0. The molecule has 22 heavy (non-hydrogen) atoms. The Bertz CT molecular complexity index is 350. The van der Waals surface area contributed by atoms with Crippen LogP contribution in [0.2, 0.25) is 0 Å². The Hall–Kier alpha value is 0.0300. The Kier molecular flexibility index (Phi) is 7.81. The highest BCUT2D eigenvalue weighted by Gasteiger charge is 2.27. The highest BCUT2D eigenvalue weighted by molar-refractivity contribution is 8.01. The minimum absolute atomic E-state index is 0.106. The number of carbonyl (C=O) groups is 1. The molecule has 1 saturated heterocycles. The van der Waals surface area contributed by atoms with Crippen molar-refractivity contribution < 1.29 is 14.3 Å². The second-order valence-electron chi connectivity index (χ2n) is 6.12. The first kappa shape index (κ1) is 18.4. The molecule has 0 spiro atoms. The van der Waals surface area contributed by atoms with Gasteiger partial charge in [0, 0.05) is 25.4 Å². The van der Waals surface area contributed by atoms with Crippen LogP contribution in [-0.2, 0) is 14.3 Å². The van der Waals surface area contributed by atoms with Gasteiger partial charge in [0.2, 0.25) is 5.91 Å². The lowest BCUT2D eigenvalue weighted by molar-refractivity contribution is -0.139. The van der Waals surface area contributed by atoms with Gasteiger partial charge < -0.3 is 14.4 Å². The van der Waals surface area contributed by atoms with E-state index in [0.29, 0.717) is 11.4 Å². The van der Waals surface area contributed by atoms with Crippen molar-refractivity contribution >= 4 is 29.3 Å². The van der Waals surface area contributed by atoms with Crippen molar-refractivity contribution in [3.8, 4) is 0 Å². The van der Waals surface area contributed by atoms with Crippen molar-refractivity contribution in [2.24, 2.45) is 0 Å². The Morgan fingerprint density at radius 2 is 1.86 bits per heavy atom. The number of halogens is 1. The summed E-state index contributed by atoms with van der Waals surface area (Å²) in [6.45, 7) is 3.77. The molecule has 2 unspecified atom stereocenters. The fourth-order valence-corrected chi connectivity index (χ4v) is 4.95.